The number of carbonyl (C=O) groups is 2. The van der Waals surface area contributed by atoms with Crippen LogP contribution < -0.4 is 0 Å². The van der Waals surface area contributed by atoms with E-state index in [9.17, 15) is 24.2 Å². The molecule has 1 unspecified atom stereocenters. The molecule has 10 nitrogen and oxygen atoms in total. The van der Waals surface area contributed by atoms with Crippen LogP contribution in [0.3, 0.4) is 0 Å². The molecule has 0 aliphatic carbocycles. The van der Waals surface area contributed by atoms with Gasteiger partial charge in [0.05, 0.1) is 19.8 Å². The van der Waals surface area contributed by atoms with Gasteiger partial charge in [0, 0.05) is 12.8 Å². The number of hydrogen-bond acceptors (Lipinski definition) is 9. The van der Waals surface area contributed by atoms with Gasteiger partial charge >= 0.3 is 19.8 Å². The Hall–Kier alpha value is -2.33. The Kier molecular flexibility index (Phi) is 34.4. The molecule has 3 atom stereocenters. The van der Waals surface area contributed by atoms with Crippen molar-refractivity contribution in [2.75, 3.05) is 26.4 Å². The number of rotatable bonds is 35. The Morgan fingerprint density at radius 3 is 1.61 bits per heavy atom. The number of hydrogen-bond donors (Lipinski definition) is 3. The molecule has 0 aromatic carbocycles. The van der Waals surface area contributed by atoms with Crippen LogP contribution in [0, 0.1) is 0 Å². The van der Waals surface area contributed by atoms with Crippen LogP contribution in [0.2, 0.25) is 0 Å². The van der Waals surface area contributed by atoms with E-state index in [0.717, 1.165) is 51.4 Å². The predicted molar refractivity (Wildman–Crippen MR) is 205 cm³/mol. The summed E-state index contributed by atoms with van der Waals surface area (Å²) in [6.45, 7) is 2.16. The van der Waals surface area contributed by atoms with Gasteiger partial charge in [0.2, 0.25) is 0 Å². The smallest absolute Gasteiger partial charge is 0.462 e. The summed E-state index contributed by atoms with van der Waals surface area (Å²) < 4.78 is 32.5. The predicted octanol–water partition coefficient (Wildman–Crippen LogP) is 9.55. The standard InChI is InChI=1S/C40H69O10P/c1-3-5-7-9-11-13-15-16-17-18-19-20-22-23-25-27-29-31-39(43)47-35-38(36-49-51(45,46)48-34-37(42)33-41)50-40(44)32-30-28-26-24-21-14-12-10-8-6-4-2/h5,7,11,13,16-17,19-20,23,25,37-38,41-42H,3-4,6,8-10,12,14-15,18,21-22,24,26-36H2,1-2H3,(H,45,46)/b7-5-,13-11-,17-16-,20-19-,25-23-/t37-,38+/m0/s1. The molecule has 0 spiro atoms. The topological polar surface area (TPSA) is 149 Å². The lowest BCUT2D eigenvalue weighted by Gasteiger charge is -2.20. The average molecular weight is 741 g/mol. The number of ether oxygens (including phenoxy) is 2. The Labute approximate surface area is 308 Å². The second-order valence-corrected chi connectivity index (χ2v) is 14.0. The molecule has 294 valence electrons. The van der Waals surface area contributed by atoms with Gasteiger partial charge in [-0.2, -0.15) is 0 Å². The van der Waals surface area contributed by atoms with E-state index in [-0.39, 0.29) is 19.4 Å². The zero-order valence-corrected chi connectivity index (χ0v) is 32.4. The first kappa shape index (κ1) is 48.7. The number of esters is 2. The van der Waals surface area contributed by atoms with Crippen molar-refractivity contribution in [3.8, 4) is 0 Å². The lowest BCUT2D eigenvalue weighted by molar-refractivity contribution is -0.161. The fourth-order valence-corrected chi connectivity index (χ4v) is 5.52. The maximum atomic E-state index is 12.5. The van der Waals surface area contributed by atoms with Crippen molar-refractivity contribution in [2.45, 2.75) is 154 Å². The summed E-state index contributed by atoms with van der Waals surface area (Å²) >= 11 is 0. The lowest BCUT2D eigenvalue weighted by Crippen LogP contribution is -2.29. The van der Waals surface area contributed by atoms with Gasteiger partial charge in [-0.15, -0.1) is 0 Å². The van der Waals surface area contributed by atoms with Gasteiger partial charge in [0.15, 0.2) is 6.10 Å². The first-order chi connectivity index (χ1) is 24.7. The highest BCUT2D eigenvalue weighted by Gasteiger charge is 2.27. The Morgan fingerprint density at radius 2 is 1.08 bits per heavy atom. The van der Waals surface area contributed by atoms with Crippen LogP contribution in [0.5, 0.6) is 0 Å². The van der Waals surface area contributed by atoms with Crippen molar-refractivity contribution in [1.82, 2.24) is 0 Å². The van der Waals surface area contributed by atoms with Crippen molar-refractivity contribution < 1.29 is 47.8 Å². The van der Waals surface area contributed by atoms with Crippen LogP contribution in [0.1, 0.15) is 142 Å². The first-order valence-corrected chi connectivity index (χ1v) is 20.7. The third-order valence-electron chi connectivity index (χ3n) is 7.69. The van der Waals surface area contributed by atoms with E-state index >= 15 is 0 Å². The summed E-state index contributed by atoms with van der Waals surface area (Å²) in [4.78, 5) is 34.8. The zero-order chi connectivity index (χ0) is 37.7. The van der Waals surface area contributed by atoms with Gasteiger partial charge in [0.25, 0.3) is 0 Å². The number of carbonyl (C=O) groups excluding carboxylic acids is 2. The molecule has 0 heterocycles. The van der Waals surface area contributed by atoms with Gasteiger partial charge in [-0.25, -0.2) is 4.57 Å². The van der Waals surface area contributed by atoms with E-state index in [2.05, 4.69) is 73.1 Å². The maximum absolute atomic E-state index is 12.5. The second-order valence-electron chi connectivity index (χ2n) is 12.6. The fourth-order valence-electron chi connectivity index (χ4n) is 4.73. The van der Waals surface area contributed by atoms with Crippen molar-refractivity contribution in [2.24, 2.45) is 0 Å². The van der Waals surface area contributed by atoms with E-state index in [1.54, 1.807) is 0 Å². The number of aliphatic hydroxyl groups excluding tert-OH is 2. The highest BCUT2D eigenvalue weighted by Crippen LogP contribution is 2.43. The van der Waals surface area contributed by atoms with Crippen molar-refractivity contribution in [1.29, 1.82) is 0 Å². The van der Waals surface area contributed by atoms with Gasteiger partial charge < -0.3 is 24.6 Å². The van der Waals surface area contributed by atoms with Crippen molar-refractivity contribution in [3.63, 3.8) is 0 Å². The molecule has 0 aromatic rings. The van der Waals surface area contributed by atoms with Crippen molar-refractivity contribution in [3.05, 3.63) is 60.8 Å². The third kappa shape index (κ3) is 35.8. The number of phosphoric acid groups is 1. The van der Waals surface area contributed by atoms with E-state index in [1.165, 1.54) is 44.9 Å². The van der Waals surface area contributed by atoms with Crippen LogP contribution in [0.15, 0.2) is 60.8 Å². The molecule has 0 amide bonds. The summed E-state index contributed by atoms with van der Waals surface area (Å²) in [5.74, 6) is -0.998. The minimum atomic E-state index is -4.62. The summed E-state index contributed by atoms with van der Waals surface area (Å²) in [5.41, 5.74) is 0. The summed E-state index contributed by atoms with van der Waals surface area (Å²) in [6, 6.07) is 0. The molecule has 51 heavy (non-hydrogen) atoms. The molecule has 0 saturated heterocycles. The molecular formula is C40H69O10P. The number of allylic oxidation sites excluding steroid dienone is 10. The minimum absolute atomic E-state index is 0.162. The summed E-state index contributed by atoms with van der Waals surface area (Å²) in [5, 5.41) is 18.3. The molecule has 0 aromatic heterocycles. The molecule has 0 radical (unpaired) electrons. The Morgan fingerprint density at radius 1 is 0.608 bits per heavy atom. The molecule has 0 aliphatic heterocycles. The van der Waals surface area contributed by atoms with Crippen LogP contribution >= 0.6 is 7.82 Å². The highest BCUT2D eigenvalue weighted by molar-refractivity contribution is 7.47. The van der Waals surface area contributed by atoms with Gasteiger partial charge in [-0.1, -0.05) is 139 Å². The molecule has 0 fully saturated rings. The van der Waals surface area contributed by atoms with Crippen LogP contribution in [0.4, 0.5) is 0 Å². The van der Waals surface area contributed by atoms with Gasteiger partial charge in [-0.05, 0) is 51.4 Å². The van der Waals surface area contributed by atoms with E-state index in [0.29, 0.717) is 19.3 Å². The Bertz CT molecular complexity index is 1040. The normalized spacial score (nSPS) is 14.7. The molecule has 0 saturated carbocycles. The van der Waals surface area contributed by atoms with E-state index in [4.69, 9.17) is 19.1 Å². The lowest BCUT2D eigenvalue weighted by atomic mass is 10.1. The third-order valence-corrected chi connectivity index (χ3v) is 8.64. The summed E-state index contributed by atoms with van der Waals surface area (Å²) in [7, 11) is -4.62. The molecule has 3 N–H and O–H groups in total. The first-order valence-electron chi connectivity index (χ1n) is 19.2. The van der Waals surface area contributed by atoms with E-state index < -0.39 is 51.8 Å². The number of phosphoric ester groups is 1. The Balaban J connectivity index is 4.46. The molecule has 0 aliphatic rings. The zero-order valence-electron chi connectivity index (χ0n) is 31.5. The molecular weight excluding hydrogens is 671 g/mol. The van der Waals surface area contributed by atoms with Gasteiger partial charge in [-0.3, -0.25) is 18.6 Å². The van der Waals surface area contributed by atoms with E-state index in [1.807, 2.05) is 6.08 Å². The number of unbranched alkanes of at least 4 members (excludes halogenated alkanes) is 11. The van der Waals surface area contributed by atoms with Crippen LogP contribution in [-0.4, -0.2) is 65.7 Å². The monoisotopic (exact) mass is 740 g/mol. The van der Waals surface area contributed by atoms with Gasteiger partial charge in [0.1, 0.15) is 12.7 Å². The quantitative estimate of drug-likeness (QED) is 0.0248. The minimum Gasteiger partial charge on any atom is -0.462 e. The average Bonchev–Trinajstić information content (AvgIpc) is 3.12. The largest absolute Gasteiger partial charge is 0.472 e. The molecule has 0 rings (SSSR count). The molecule has 0 bridgehead atoms. The van der Waals surface area contributed by atoms with Crippen LogP contribution in [0.25, 0.3) is 0 Å². The van der Waals surface area contributed by atoms with Crippen molar-refractivity contribution >= 4 is 19.8 Å². The highest BCUT2D eigenvalue weighted by atomic mass is 31.2. The maximum Gasteiger partial charge on any atom is 0.472 e. The van der Waals surface area contributed by atoms with Crippen LogP contribution in [-0.2, 0) is 32.7 Å². The fraction of sp³-hybridized carbons (Fsp3) is 0.700. The summed E-state index contributed by atoms with van der Waals surface area (Å²) in [6.07, 6.45) is 37.7. The second kappa shape index (κ2) is 36.0. The molecule has 11 heteroatoms. The SMILES string of the molecule is CC/C=C\C/C=C\C/C=C\C/C=C\C/C=C\CCCC(=O)OC[C@H](COP(=O)(O)OC[C@@H](O)CO)OC(=O)CCCCCCCCCCCCC. The number of aliphatic hydroxyl groups is 2.